The maximum atomic E-state index is 13.6. The fraction of sp³-hybridized carbons (Fsp3) is 1.00. The number of alkyl halides is 4. The fourth-order valence-corrected chi connectivity index (χ4v) is 2.41. The molecule has 0 aliphatic carbocycles. The van der Waals surface area contributed by atoms with E-state index in [1.54, 1.807) is 0 Å². The van der Waals surface area contributed by atoms with Crippen LogP contribution in [0, 0.1) is 0 Å². The normalized spacial score (nSPS) is 46.9. The number of nitrogens with zero attached hydrogens (tertiary/aromatic N) is 1. The molecule has 5 unspecified atom stereocenters. The molecule has 2 nitrogen and oxygen atoms in total. The van der Waals surface area contributed by atoms with Crippen molar-refractivity contribution in [1.82, 2.24) is 10.2 Å². The van der Waals surface area contributed by atoms with Gasteiger partial charge in [-0.2, -0.15) is 0 Å². The van der Waals surface area contributed by atoms with Crippen molar-refractivity contribution >= 4 is 0 Å². The molecule has 0 spiro atoms. The Morgan fingerprint density at radius 3 is 2.25 bits per heavy atom. The molecule has 0 amide bonds. The van der Waals surface area contributed by atoms with Gasteiger partial charge in [-0.3, -0.25) is 10.2 Å². The molecule has 2 aliphatic rings. The molecule has 2 rings (SSSR count). The van der Waals surface area contributed by atoms with E-state index in [0.29, 0.717) is 6.54 Å². The lowest BCUT2D eigenvalue weighted by Gasteiger charge is -2.41. The first-order valence-corrected chi connectivity index (χ1v) is 5.61. The predicted molar refractivity (Wildman–Crippen MR) is 52.2 cm³/mol. The standard InChI is InChI=1S/C10H16F4N2/c11-6-3-7(12)5-16(4-6)10-9(14)8(13)1-2-15-10/h6-10,15H,1-5H2. The van der Waals surface area contributed by atoms with Gasteiger partial charge in [-0.15, -0.1) is 0 Å². The minimum Gasteiger partial charge on any atom is -0.299 e. The number of nitrogens with one attached hydrogen (secondary N) is 1. The van der Waals surface area contributed by atoms with E-state index in [9.17, 15) is 17.6 Å². The highest BCUT2D eigenvalue weighted by molar-refractivity contribution is 4.91. The number of likely N-dealkylation sites (tertiary alicyclic amines) is 1. The van der Waals surface area contributed by atoms with E-state index < -0.39 is 30.9 Å². The van der Waals surface area contributed by atoms with Crippen molar-refractivity contribution in [3.8, 4) is 0 Å². The summed E-state index contributed by atoms with van der Waals surface area (Å²) in [7, 11) is 0. The van der Waals surface area contributed by atoms with Crippen molar-refractivity contribution in [3.05, 3.63) is 0 Å². The molecule has 1 N–H and O–H groups in total. The lowest BCUT2D eigenvalue weighted by Crippen LogP contribution is -2.61. The van der Waals surface area contributed by atoms with Crippen molar-refractivity contribution in [1.29, 1.82) is 0 Å². The molecular weight excluding hydrogens is 224 g/mol. The van der Waals surface area contributed by atoms with E-state index in [0.717, 1.165) is 0 Å². The number of hydrogen-bond acceptors (Lipinski definition) is 2. The number of hydrogen-bond donors (Lipinski definition) is 1. The van der Waals surface area contributed by atoms with Crippen LogP contribution in [0.1, 0.15) is 12.8 Å². The van der Waals surface area contributed by atoms with Gasteiger partial charge in [0.1, 0.15) is 18.5 Å². The minimum atomic E-state index is -1.70. The molecule has 2 fully saturated rings. The quantitative estimate of drug-likeness (QED) is 0.696. The second kappa shape index (κ2) is 4.87. The summed E-state index contributed by atoms with van der Waals surface area (Å²) in [5.74, 6) is 0. The van der Waals surface area contributed by atoms with Crippen LogP contribution >= 0.6 is 0 Å². The first-order valence-electron chi connectivity index (χ1n) is 5.61. The van der Waals surface area contributed by atoms with E-state index in [1.807, 2.05) is 0 Å². The number of halogens is 4. The van der Waals surface area contributed by atoms with Crippen molar-refractivity contribution < 1.29 is 17.6 Å². The Morgan fingerprint density at radius 1 is 1.00 bits per heavy atom. The van der Waals surface area contributed by atoms with Crippen LogP contribution < -0.4 is 5.32 Å². The summed E-state index contributed by atoms with van der Waals surface area (Å²) in [6.45, 7) is 0.299. The average Bonchev–Trinajstić information content (AvgIpc) is 2.20. The number of rotatable bonds is 1. The van der Waals surface area contributed by atoms with Crippen molar-refractivity contribution in [2.24, 2.45) is 0 Å². The van der Waals surface area contributed by atoms with Gasteiger partial charge in [0, 0.05) is 19.5 Å². The molecule has 2 saturated heterocycles. The maximum Gasteiger partial charge on any atom is 0.160 e. The number of piperidine rings is 2. The van der Waals surface area contributed by atoms with Gasteiger partial charge in [0.2, 0.25) is 0 Å². The van der Waals surface area contributed by atoms with Gasteiger partial charge in [0.05, 0.1) is 6.17 Å². The van der Waals surface area contributed by atoms with E-state index in [2.05, 4.69) is 5.32 Å². The molecule has 0 radical (unpaired) electrons. The van der Waals surface area contributed by atoms with Crippen LogP contribution in [0.25, 0.3) is 0 Å². The summed E-state index contributed by atoms with van der Waals surface area (Å²) >= 11 is 0. The molecule has 5 atom stereocenters. The molecule has 0 saturated carbocycles. The Labute approximate surface area is 92.0 Å². The highest BCUT2D eigenvalue weighted by Crippen LogP contribution is 2.24. The third kappa shape index (κ3) is 2.48. The summed E-state index contributed by atoms with van der Waals surface area (Å²) in [5, 5.41) is 2.79. The Balaban J connectivity index is 1.99. The van der Waals surface area contributed by atoms with E-state index >= 15 is 0 Å². The van der Waals surface area contributed by atoms with Gasteiger partial charge in [0.25, 0.3) is 0 Å². The first-order chi connectivity index (χ1) is 7.58. The predicted octanol–water partition coefficient (Wildman–Crippen LogP) is 1.36. The highest BCUT2D eigenvalue weighted by atomic mass is 19.2. The molecule has 2 heterocycles. The molecule has 2 aliphatic heterocycles. The third-order valence-electron chi connectivity index (χ3n) is 3.19. The summed E-state index contributed by atoms with van der Waals surface area (Å²) in [5.41, 5.74) is 0. The second-order valence-electron chi connectivity index (χ2n) is 4.53. The van der Waals surface area contributed by atoms with Crippen LogP contribution in [0.3, 0.4) is 0 Å². The average molecular weight is 240 g/mol. The first kappa shape index (κ1) is 12.1. The van der Waals surface area contributed by atoms with Crippen LogP contribution in [-0.4, -0.2) is 55.4 Å². The van der Waals surface area contributed by atoms with Gasteiger partial charge in [-0.1, -0.05) is 0 Å². The highest BCUT2D eigenvalue weighted by Gasteiger charge is 2.40. The smallest absolute Gasteiger partial charge is 0.160 e. The molecule has 16 heavy (non-hydrogen) atoms. The molecule has 0 bridgehead atoms. The van der Waals surface area contributed by atoms with Crippen LogP contribution in [0.4, 0.5) is 17.6 Å². The Bertz CT molecular complexity index is 231. The van der Waals surface area contributed by atoms with E-state index in [4.69, 9.17) is 0 Å². The van der Waals surface area contributed by atoms with Crippen LogP contribution in [0.5, 0.6) is 0 Å². The van der Waals surface area contributed by atoms with Gasteiger partial charge in [-0.05, 0) is 13.0 Å². The Kier molecular flexibility index (Phi) is 3.69. The topological polar surface area (TPSA) is 15.3 Å². The summed E-state index contributed by atoms with van der Waals surface area (Å²) < 4.78 is 53.0. The van der Waals surface area contributed by atoms with Crippen molar-refractivity contribution in [2.75, 3.05) is 19.6 Å². The van der Waals surface area contributed by atoms with Crippen LogP contribution in [-0.2, 0) is 0 Å². The minimum absolute atomic E-state index is 0.0226. The second-order valence-corrected chi connectivity index (χ2v) is 4.53. The summed E-state index contributed by atoms with van der Waals surface area (Å²) in [4.78, 5) is 1.34. The zero-order chi connectivity index (χ0) is 11.7. The van der Waals surface area contributed by atoms with Crippen LogP contribution in [0.15, 0.2) is 0 Å². The summed E-state index contributed by atoms with van der Waals surface area (Å²) in [6.07, 6.45) is -6.74. The monoisotopic (exact) mass is 240 g/mol. The molecule has 0 aromatic heterocycles. The van der Waals surface area contributed by atoms with Gasteiger partial charge < -0.3 is 0 Å². The van der Waals surface area contributed by atoms with Crippen LogP contribution in [0.2, 0.25) is 0 Å². The molecule has 94 valence electrons. The Morgan fingerprint density at radius 2 is 1.62 bits per heavy atom. The maximum absolute atomic E-state index is 13.6. The molecule has 6 heteroatoms. The zero-order valence-electron chi connectivity index (χ0n) is 8.88. The van der Waals surface area contributed by atoms with Crippen molar-refractivity contribution in [2.45, 2.75) is 43.7 Å². The van der Waals surface area contributed by atoms with Crippen molar-refractivity contribution in [3.63, 3.8) is 0 Å². The van der Waals surface area contributed by atoms with E-state index in [-0.39, 0.29) is 25.9 Å². The zero-order valence-corrected chi connectivity index (χ0v) is 8.88. The van der Waals surface area contributed by atoms with Gasteiger partial charge in [0.15, 0.2) is 6.17 Å². The van der Waals surface area contributed by atoms with E-state index in [1.165, 1.54) is 4.90 Å². The third-order valence-corrected chi connectivity index (χ3v) is 3.19. The lowest BCUT2D eigenvalue weighted by molar-refractivity contribution is -0.0322. The van der Waals surface area contributed by atoms with Gasteiger partial charge >= 0.3 is 0 Å². The molecular formula is C10H16F4N2. The Hall–Kier alpha value is -0.360. The lowest BCUT2D eigenvalue weighted by atomic mass is 10.0. The largest absolute Gasteiger partial charge is 0.299 e. The fourth-order valence-electron chi connectivity index (χ4n) is 2.41. The SMILES string of the molecule is FC1CC(F)CN(C2NCCC(F)C2F)C1. The van der Waals surface area contributed by atoms with Gasteiger partial charge in [-0.25, -0.2) is 17.6 Å². The summed E-state index contributed by atoms with van der Waals surface area (Å²) in [6, 6.07) is 0. The molecule has 0 aromatic rings. The molecule has 0 aromatic carbocycles.